The summed E-state index contributed by atoms with van der Waals surface area (Å²) in [5.74, 6) is -0.621. The first-order valence-electron chi connectivity index (χ1n) is 6.20. The molecule has 7 heteroatoms. The van der Waals surface area contributed by atoms with Gasteiger partial charge in [0.2, 0.25) is 0 Å². The van der Waals surface area contributed by atoms with E-state index in [9.17, 15) is 4.79 Å². The van der Waals surface area contributed by atoms with Gasteiger partial charge in [0, 0.05) is 32.4 Å². The van der Waals surface area contributed by atoms with Gasteiger partial charge in [-0.25, -0.2) is 9.78 Å². The Morgan fingerprint density at radius 2 is 2.26 bits per heavy atom. The molecule has 0 spiro atoms. The van der Waals surface area contributed by atoms with E-state index in [-0.39, 0.29) is 11.3 Å². The molecule has 0 aliphatic carbocycles. The van der Waals surface area contributed by atoms with Crippen LogP contribution in [0.2, 0.25) is 0 Å². The molecule has 19 heavy (non-hydrogen) atoms. The van der Waals surface area contributed by atoms with Crippen molar-refractivity contribution >= 4 is 17.5 Å². The first-order chi connectivity index (χ1) is 9.18. The lowest BCUT2D eigenvalue weighted by molar-refractivity contribution is 0.0398. The van der Waals surface area contributed by atoms with Gasteiger partial charge in [0.05, 0.1) is 24.5 Å². The summed E-state index contributed by atoms with van der Waals surface area (Å²) in [7, 11) is 0. The van der Waals surface area contributed by atoms with Crippen molar-refractivity contribution in [3.63, 3.8) is 0 Å². The molecule has 2 heterocycles. The van der Waals surface area contributed by atoms with Crippen molar-refractivity contribution in [2.24, 2.45) is 0 Å². The van der Waals surface area contributed by atoms with Crippen molar-refractivity contribution in [3.8, 4) is 0 Å². The van der Waals surface area contributed by atoms with E-state index in [0.717, 1.165) is 32.8 Å². The molecule has 104 valence electrons. The van der Waals surface area contributed by atoms with E-state index in [4.69, 9.17) is 15.6 Å². The molecule has 0 aromatic carbocycles. The van der Waals surface area contributed by atoms with Crippen LogP contribution in [0.4, 0.5) is 11.5 Å². The predicted molar refractivity (Wildman–Crippen MR) is 71.4 cm³/mol. The molecule has 1 aromatic rings. The number of carboxylic acids is 1. The fourth-order valence-corrected chi connectivity index (χ4v) is 1.96. The number of rotatable bonds is 5. The average Bonchev–Trinajstić information content (AvgIpc) is 2.41. The van der Waals surface area contributed by atoms with Gasteiger partial charge in [0.1, 0.15) is 5.82 Å². The molecule has 1 aromatic heterocycles. The SMILES string of the molecule is Nc1c(C(=O)O)ccnc1NCCN1CCOCC1. The van der Waals surface area contributed by atoms with E-state index in [1.54, 1.807) is 0 Å². The number of aromatic carboxylic acids is 1. The lowest BCUT2D eigenvalue weighted by Crippen LogP contribution is -2.39. The van der Waals surface area contributed by atoms with Gasteiger partial charge in [-0.05, 0) is 6.07 Å². The number of carboxylic acid groups (broad SMARTS) is 1. The normalized spacial score (nSPS) is 16.2. The van der Waals surface area contributed by atoms with Crippen molar-refractivity contribution in [1.82, 2.24) is 9.88 Å². The molecular weight excluding hydrogens is 248 g/mol. The van der Waals surface area contributed by atoms with E-state index in [1.807, 2.05) is 0 Å². The Labute approximate surface area is 111 Å². The van der Waals surface area contributed by atoms with Gasteiger partial charge >= 0.3 is 5.97 Å². The zero-order chi connectivity index (χ0) is 13.7. The first kappa shape index (κ1) is 13.6. The standard InChI is InChI=1S/C12H18N4O3/c13-10-9(12(17)18)1-2-14-11(10)15-3-4-16-5-7-19-8-6-16/h1-2H,3-8,13H2,(H,14,15)(H,17,18). The minimum absolute atomic E-state index is 0.0730. The van der Waals surface area contributed by atoms with Crippen LogP contribution in [-0.4, -0.2) is 60.4 Å². The van der Waals surface area contributed by atoms with Crippen LogP contribution in [0, 0.1) is 0 Å². The average molecular weight is 266 g/mol. The monoisotopic (exact) mass is 266 g/mol. The highest BCUT2D eigenvalue weighted by atomic mass is 16.5. The maximum absolute atomic E-state index is 10.9. The fourth-order valence-electron chi connectivity index (χ4n) is 1.96. The molecule has 0 amide bonds. The van der Waals surface area contributed by atoms with E-state index < -0.39 is 5.97 Å². The van der Waals surface area contributed by atoms with Gasteiger partial charge in [-0.2, -0.15) is 0 Å². The van der Waals surface area contributed by atoms with Crippen molar-refractivity contribution in [2.75, 3.05) is 50.4 Å². The number of morpholine rings is 1. The zero-order valence-corrected chi connectivity index (χ0v) is 10.6. The van der Waals surface area contributed by atoms with Gasteiger partial charge in [0.15, 0.2) is 0 Å². The minimum atomic E-state index is -1.05. The Morgan fingerprint density at radius 3 is 2.95 bits per heavy atom. The number of aromatic nitrogens is 1. The van der Waals surface area contributed by atoms with Crippen LogP contribution in [0.25, 0.3) is 0 Å². The van der Waals surface area contributed by atoms with Crippen molar-refractivity contribution in [2.45, 2.75) is 0 Å². The molecule has 4 N–H and O–H groups in total. The Kier molecular flexibility index (Phi) is 4.53. The second-order valence-corrected chi connectivity index (χ2v) is 4.31. The second kappa shape index (κ2) is 6.35. The van der Waals surface area contributed by atoms with E-state index in [2.05, 4.69) is 15.2 Å². The van der Waals surface area contributed by atoms with Crippen LogP contribution in [-0.2, 0) is 4.74 Å². The smallest absolute Gasteiger partial charge is 0.337 e. The maximum Gasteiger partial charge on any atom is 0.337 e. The molecule has 1 fully saturated rings. The van der Waals surface area contributed by atoms with Crippen LogP contribution < -0.4 is 11.1 Å². The number of carbonyl (C=O) groups is 1. The zero-order valence-electron chi connectivity index (χ0n) is 10.6. The molecule has 2 rings (SSSR count). The summed E-state index contributed by atoms with van der Waals surface area (Å²) in [5, 5.41) is 12.0. The summed E-state index contributed by atoms with van der Waals surface area (Å²) in [6.07, 6.45) is 1.44. The maximum atomic E-state index is 10.9. The van der Waals surface area contributed by atoms with Gasteiger partial charge in [0.25, 0.3) is 0 Å². The molecule has 0 atom stereocenters. The number of hydrogen-bond acceptors (Lipinski definition) is 6. The molecule has 0 radical (unpaired) electrons. The summed E-state index contributed by atoms with van der Waals surface area (Å²) in [5.41, 5.74) is 6.01. The number of anilines is 2. The van der Waals surface area contributed by atoms with E-state index in [0.29, 0.717) is 12.4 Å². The molecular formula is C12H18N4O3. The molecule has 0 saturated carbocycles. The van der Waals surface area contributed by atoms with Crippen LogP contribution in [0.1, 0.15) is 10.4 Å². The third-order valence-corrected chi connectivity index (χ3v) is 3.04. The highest BCUT2D eigenvalue weighted by molar-refractivity contribution is 5.96. The summed E-state index contributed by atoms with van der Waals surface area (Å²) in [6.45, 7) is 4.87. The third kappa shape index (κ3) is 3.55. The second-order valence-electron chi connectivity index (χ2n) is 4.31. The van der Waals surface area contributed by atoms with Gasteiger partial charge in [-0.3, -0.25) is 4.90 Å². The van der Waals surface area contributed by atoms with Gasteiger partial charge in [-0.1, -0.05) is 0 Å². The van der Waals surface area contributed by atoms with E-state index in [1.165, 1.54) is 12.3 Å². The number of nitrogens with one attached hydrogen (secondary N) is 1. The molecule has 1 aliphatic rings. The summed E-state index contributed by atoms with van der Waals surface area (Å²) >= 11 is 0. The van der Waals surface area contributed by atoms with Crippen molar-refractivity contribution in [1.29, 1.82) is 0 Å². The fraction of sp³-hybridized carbons (Fsp3) is 0.500. The van der Waals surface area contributed by atoms with Crippen molar-refractivity contribution < 1.29 is 14.6 Å². The summed E-state index contributed by atoms with van der Waals surface area (Å²) in [6, 6.07) is 1.39. The number of ether oxygens (including phenoxy) is 1. The van der Waals surface area contributed by atoms with Crippen LogP contribution >= 0.6 is 0 Å². The molecule has 0 bridgehead atoms. The summed E-state index contributed by atoms with van der Waals surface area (Å²) < 4.78 is 5.27. The first-order valence-corrected chi connectivity index (χ1v) is 6.20. The Balaban J connectivity index is 1.88. The topological polar surface area (TPSA) is 101 Å². The molecule has 7 nitrogen and oxygen atoms in total. The van der Waals surface area contributed by atoms with Crippen molar-refractivity contribution in [3.05, 3.63) is 17.8 Å². The largest absolute Gasteiger partial charge is 0.478 e. The molecule has 1 aliphatic heterocycles. The minimum Gasteiger partial charge on any atom is -0.478 e. The number of hydrogen-bond donors (Lipinski definition) is 3. The quantitative estimate of drug-likeness (QED) is 0.695. The van der Waals surface area contributed by atoms with Crippen LogP contribution in [0.3, 0.4) is 0 Å². The number of nitrogen functional groups attached to an aromatic ring is 1. The number of nitrogens with zero attached hydrogens (tertiary/aromatic N) is 2. The highest BCUT2D eigenvalue weighted by Crippen LogP contribution is 2.19. The molecule has 1 saturated heterocycles. The number of pyridine rings is 1. The highest BCUT2D eigenvalue weighted by Gasteiger charge is 2.13. The Morgan fingerprint density at radius 1 is 1.53 bits per heavy atom. The van der Waals surface area contributed by atoms with Gasteiger partial charge < -0.3 is 20.9 Å². The van der Waals surface area contributed by atoms with Crippen LogP contribution in [0.5, 0.6) is 0 Å². The van der Waals surface area contributed by atoms with E-state index >= 15 is 0 Å². The molecule has 0 unspecified atom stereocenters. The van der Waals surface area contributed by atoms with Crippen LogP contribution in [0.15, 0.2) is 12.3 Å². The number of nitrogens with two attached hydrogens (primary N) is 1. The summed E-state index contributed by atoms with van der Waals surface area (Å²) in [4.78, 5) is 17.3. The van der Waals surface area contributed by atoms with Gasteiger partial charge in [-0.15, -0.1) is 0 Å². The Hall–Kier alpha value is -1.86. The Bertz CT molecular complexity index is 447. The predicted octanol–water partition coefficient (Wildman–Crippen LogP) is 0.106. The third-order valence-electron chi connectivity index (χ3n) is 3.04. The lowest BCUT2D eigenvalue weighted by Gasteiger charge is -2.26. The lowest BCUT2D eigenvalue weighted by atomic mass is 10.2.